The number of carbonyl (C=O) groups is 1. The predicted molar refractivity (Wildman–Crippen MR) is 94.1 cm³/mol. The van der Waals surface area contributed by atoms with Gasteiger partial charge in [0.2, 0.25) is 5.13 Å². The second-order valence-electron chi connectivity index (χ2n) is 4.18. The number of nitrogens with one attached hydrogen (secondary N) is 1. The summed E-state index contributed by atoms with van der Waals surface area (Å²) in [7, 11) is 0. The standard InChI is InChI=1S/C12H10N6O2S2.ClH/c13-10(14)18-11-16-7(4-21-11)9(20)17-12-15-6-3-5(19)1-2-8(6)22-12;/h1-4,19H,(H,15,17,20)(H4,13,14,16,18);1H. The lowest BCUT2D eigenvalue weighted by atomic mass is 10.3. The lowest BCUT2D eigenvalue weighted by molar-refractivity contribution is 0.102. The third-order valence-corrected chi connectivity index (χ3v) is 4.23. The van der Waals surface area contributed by atoms with Gasteiger partial charge in [-0.25, -0.2) is 9.97 Å². The van der Waals surface area contributed by atoms with Crippen LogP contribution in [0.15, 0.2) is 28.6 Å². The van der Waals surface area contributed by atoms with Gasteiger partial charge >= 0.3 is 0 Å². The molecular formula is C12H11ClN6O2S2. The van der Waals surface area contributed by atoms with Crippen LogP contribution >= 0.6 is 35.1 Å². The Morgan fingerprint density at radius 2 is 2.09 bits per heavy atom. The number of aromatic hydroxyl groups is 1. The van der Waals surface area contributed by atoms with Crippen molar-refractivity contribution >= 4 is 67.4 Å². The number of halogens is 1. The molecule has 0 unspecified atom stereocenters. The number of phenolic OH excluding ortho intramolecular Hbond substituents is 1. The highest BCUT2D eigenvalue weighted by Crippen LogP contribution is 2.29. The van der Waals surface area contributed by atoms with Gasteiger partial charge in [0.1, 0.15) is 11.4 Å². The monoisotopic (exact) mass is 370 g/mol. The zero-order chi connectivity index (χ0) is 15.7. The minimum absolute atomic E-state index is 0. The van der Waals surface area contributed by atoms with E-state index in [2.05, 4.69) is 20.3 Å². The molecule has 23 heavy (non-hydrogen) atoms. The van der Waals surface area contributed by atoms with E-state index in [1.807, 2.05) is 0 Å². The van der Waals surface area contributed by atoms with Crippen molar-refractivity contribution in [1.82, 2.24) is 9.97 Å². The van der Waals surface area contributed by atoms with Gasteiger partial charge in [0.05, 0.1) is 10.2 Å². The molecule has 120 valence electrons. The molecule has 1 aromatic carbocycles. The molecule has 6 N–H and O–H groups in total. The Kier molecular flexibility index (Phi) is 4.98. The highest BCUT2D eigenvalue weighted by molar-refractivity contribution is 7.22. The van der Waals surface area contributed by atoms with Crippen molar-refractivity contribution in [2.75, 3.05) is 5.32 Å². The van der Waals surface area contributed by atoms with E-state index in [4.69, 9.17) is 11.5 Å². The molecule has 3 rings (SSSR count). The molecule has 0 aliphatic heterocycles. The Hall–Kier alpha value is -2.43. The summed E-state index contributed by atoms with van der Waals surface area (Å²) in [4.78, 5) is 24.1. The fraction of sp³-hybridized carbons (Fsp3) is 0. The van der Waals surface area contributed by atoms with Gasteiger partial charge in [-0.2, -0.15) is 4.99 Å². The van der Waals surface area contributed by atoms with Crippen molar-refractivity contribution in [1.29, 1.82) is 0 Å². The minimum atomic E-state index is -0.406. The molecule has 0 bridgehead atoms. The van der Waals surface area contributed by atoms with Gasteiger partial charge in [0.25, 0.3) is 5.91 Å². The van der Waals surface area contributed by atoms with Crippen molar-refractivity contribution < 1.29 is 9.90 Å². The summed E-state index contributed by atoms with van der Waals surface area (Å²) in [5.74, 6) is -0.402. The SMILES string of the molecule is Cl.NC(N)=Nc1nc(C(=O)Nc2nc3cc(O)ccc3s2)cs1. The first-order valence-corrected chi connectivity index (χ1v) is 7.67. The molecule has 0 saturated heterocycles. The van der Waals surface area contributed by atoms with Crippen molar-refractivity contribution in [3.63, 3.8) is 0 Å². The number of aromatic nitrogens is 2. The Morgan fingerprint density at radius 1 is 1.30 bits per heavy atom. The summed E-state index contributed by atoms with van der Waals surface area (Å²) in [6.45, 7) is 0. The fourth-order valence-electron chi connectivity index (χ4n) is 1.66. The number of aliphatic imine (C=N–C) groups is 1. The molecule has 0 aliphatic rings. The number of nitrogens with two attached hydrogens (primary N) is 2. The van der Waals surface area contributed by atoms with Crippen molar-refractivity contribution in [3.05, 3.63) is 29.3 Å². The Labute approximate surface area is 144 Å². The number of guanidine groups is 1. The highest BCUT2D eigenvalue weighted by atomic mass is 35.5. The van der Waals surface area contributed by atoms with Crippen LogP contribution in [0.4, 0.5) is 10.3 Å². The minimum Gasteiger partial charge on any atom is -0.508 e. The van der Waals surface area contributed by atoms with Crippen molar-refractivity contribution in [2.45, 2.75) is 0 Å². The molecule has 0 saturated carbocycles. The number of anilines is 1. The highest BCUT2D eigenvalue weighted by Gasteiger charge is 2.13. The number of fused-ring (bicyclic) bond motifs is 1. The molecule has 0 radical (unpaired) electrons. The van der Waals surface area contributed by atoms with Gasteiger partial charge in [-0.3, -0.25) is 10.1 Å². The molecule has 2 heterocycles. The number of hydrogen-bond donors (Lipinski definition) is 4. The molecule has 8 nitrogen and oxygen atoms in total. The van der Waals surface area contributed by atoms with E-state index in [-0.39, 0.29) is 29.8 Å². The number of phenols is 1. The van der Waals surface area contributed by atoms with E-state index >= 15 is 0 Å². The number of benzene rings is 1. The Balaban J connectivity index is 0.00000192. The van der Waals surface area contributed by atoms with Gasteiger partial charge in [0, 0.05) is 11.4 Å². The van der Waals surface area contributed by atoms with Crippen LogP contribution in [0, 0.1) is 0 Å². The molecule has 0 aliphatic carbocycles. The fourth-order valence-corrected chi connectivity index (χ4v) is 3.19. The molecular weight excluding hydrogens is 360 g/mol. The molecule has 11 heteroatoms. The molecule has 0 atom stereocenters. The van der Waals surface area contributed by atoms with Crippen molar-refractivity contribution in [3.8, 4) is 5.75 Å². The molecule has 0 spiro atoms. The summed E-state index contributed by atoms with van der Waals surface area (Å²) in [5.41, 5.74) is 11.3. The van der Waals surface area contributed by atoms with Crippen LogP contribution < -0.4 is 16.8 Å². The smallest absolute Gasteiger partial charge is 0.276 e. The Morgan fingerprint density at radius 3 is 2.83 bits per heavy atom. The van der Waals surface area contributed by atoms with E-state index in [0.29, 0.717) is 15.8 Å². The Bertz CT molecular complexity index is 887. The van der Waals surface area contributed by atoms with Crippen molar-refractivity contribution in [2.24, 2.45) is 16.5 Å². The number of rotatable bonds is 3. The van der Waals surface area contributed by atoms with Gasteiger partial charge < -0.3 is 16.6 Å². The van der Waals surface area contributed by atoms with Gasteiger partial charge in [-0.05, 0) is 12.1 Å². The van der Waals surface area contributed by atoms with Gasteiger partial charge in [-0.15, -0.1) is 23.7 Å². The maximum atomic E-state index is 12.1. The summed E-state index contributed by atoms with van der Waals surface area (Å²) in [6, 6.07) is 4.83. The van der Waals surface area contributed by atoms with E-state index < -0.39 is 5.91 Å². The number of hydrogen-bond acceptors (Lipinski definition) is 7. The largest absolute Gasteiger partial charge is 0.508 e. The lowest BCUT2D eigenvalue weighted by Crippen LogP contribution is -2.21. The second-order valence-corrected chi connectivity index (χ2v) is 6.04. The molecule has 1 amide bonds. The van der Waals surface area contributed by atoms with Crippen LogP contribution in [-0.2, 0) is 0 Å². The summed E-state index contributed by atoms with van der Waals surface area (Å²) < 4.78 is 0.854. The van der Waals surface area contributed by atoms with E-state index in [9.17, 15) is 9.90 Å². The third-order valence-electron chi connectivity index (χ3n) is 2.54. The molecule has 3 aromatic rings. The first-order valence-electron chi connectivity index (χ1n) is 5.97. The van der Waals surface area contributed by atoms with E-state index in [0.717, 1.165) is 16.0 Å². The van der Waals surface area contributed by atoms with Crippen LogP contribution in [0.3, 0.4) is 0 Å². The first kappa shape index (κ1) is 16.9. The molecule has 2 aromatic heterocycles. The zero-order valence-electron chi connectivity index (χ0n) is 11.4. The topological polar surface area (TPSA) is 140 Å². The van der Waals surface area contributed by atoms with Gasteiger partial charge in [-0.1, -0.05) is 11.3 Å². The van der Waals surface area contributed by atoms with Crippen LogP contribution in [-0.4, -0.2) is 26.9 Å². The summed E-state index contributed by atoms with van der Waals surface area (Å²) in [6.07, 6.45) is 0. The quantitative estimate of drug-likeness (QED) is 0.411. The maximum Gasteiger partial charge on any atom is 0.276 e. The van der Waals surface area contributed by atoms with Crippen LogP contribution in [0.25, 0.3) is 10.2 Å². The van der Waals surface area contributed by atoms with E-state index in [1.165, 1.54) is 17.4 Å². The third kappa shape index (κ3) is 3.86. The number of nitrogens with zero attached hydrogens (tertiary/aromatic N) is 3. The number of thiazole rings is 2. The summed E-state index contributed by atoms with van der Waals surface area (Å²) in [5, 5.41) is 14.3. The zero-order valence-corrected chi connectivity index (χ0v) is 13.8. The van der Waals surface area contributed by atoms with Crippen LogP contribution in [0.5, 0.6) is 5.75 Å². The first-order chi connectivity index (χ1) is 10.5. The number of carbonyl (C=O) groups excluding carboxylic acids is 1. The van der Waals surface area contributed by atoms with Crippen LogP contribution in [0.1, 0.15) is 10.5 Å². The normalized spacial score (nSPS) is 10.1. The predicted octanol–water partition coefficient (Wildman–Crippen LogP) is 2.04. The summed E-state index contributed by atoms with van der Waals surface area (Å²) >= 11 is 2.45. The van der Waals surface area contributed by atoms with E-state index in [1.54, 1.807) is 17.5 Å². The maximum absolute atomic E-state index is 12.1. The second kappa shape index (κ2) is 6.77. The average molecular weight is 371 g/mol. The number of amides is 1. The van der Waals surface area contributed by atoms with Crippen LogP contribution in [0.2, 0.25) is 0 Å². The average Bonchev–Trinajstić information content (AvgIpc) is 3.03. The van der Waals surface area contributed by atoms with Gasteiger partial charge in [0.15, 0.2) is 11.1 Å². The molecule has 0 fully saturated rings. The lowest BCUT2D eigenvalue weighted by Gasteiger charge is -1.96.